The molecule has 0 saturated carbocycles. The van der Waals surface area contributed by atoms with Gasteiger partial charge in [-0.15, -0.1) is 0 Å². The molecule has 1 amide bonds. The average Bonchev–Trinajstić information content (AvgIpc) is 2.26. The van der Waals surface area contributed by atoms with Crippen molar-refractivity contribution in [1.29, 1.82) is 0 Å². The standard InChI is InChI=1S/C16H22ClNO2/c1-15(2,3)20-14(19)18-13-7-6-12(17)10-11(13)8-9-16(18,4)5/h6-7,10H,8-9H2,1-5H3. The van der Waals surface area contributed by atoms with Crippen LogP contribution in [0.25, 0.3) is 0 Å². The van der Waals surface area contributed by atoms with Crippen LogP contribution in [-0.2, 0) is 11.2 Å². The van der Waals surface area contributed by atoms with Gasteiger partial charge in [0.05, 0.1) is 5.69 Å². The zero-order valence-corrected chi connectivity index (χ0v) is 13.5. The summed E-state index contributed by atoms with van der Waals surface area (Å²) in [7, 11) is 0. The minimum atomic E-state index is -0.503. The van der Waals surface area contributed by atoms with Crippen LogP contribution in [0.1, 0.15) is 46.6 Å². The average molecular weight is 296 g/mol. The van der Waals surface area contributed by atoms with E-state index in [2.05, 4.69) is 13.8 Å². The lowest BCUT2D eigenvalue weighted by Crippen LogP contribution is -2.52. The quantitative estimate of drug-likeness (QED) is 0.687. The van der Waals surface area contributed by atoms with E-state index >= 15 is 0 Å². The highest BCUT2D eigenvalue weighted by molar-refractivity contribution is 6.30. The molecule has 0 radical (unpaired) electrons. The van der Waals surface area contributed by atoms with E-state index in [9.17, 15) is 4.79 Å². The van der Waals surface area contributed by atoms with Crippen molar-refractivity contribution in [2.75, 3.05) is 4.90 Å². The van der Waals surface area contributed by atoms with Gasteiger partial charge in [0.2, 0.25) is 0 Å². The summed E-state index contributed by atoms with van der Waals surface area (Å²) in [6.45, 7) is 9.77. The van der Waals surface area contributed by atoms with Crippen molar-refractivity contribution in [2.24, 2.45) is 0 Å². The molecular weight excluding hydrogens is 274 g/mol. The zero-order chi connectivity index (χ0) is 15.1. The molecule has 1 heterocycles. The van der Waals surface area contributed by atoms with Crippen molar-refractivity contribution in [3.63, 3.8) is 0 Å². The molecule has 1 aliphatic heterocycles. The number of rotatable bonds is 0. The van der Waals surface area contributed by atoms with Gasteiger partial charge in [-0.1, -0.05) is 11.6 Å². The Bertz CT molecular complexity index is 532. The Labute approximate surface area is 125 Å². The molecule has 3 nitrogen and oxygen atoms in total. The number of anilines is 1. The number of fused-ring (bicyclic) bond motifs is 1. The van der Waals surface area contributed by atoms with E-state index in [4.69, 9.17) is 16.3 Å². The molecule has 0 aliphatic carbocycles. The summed E-state index contributed by atoms with van der Waals surface area (Å²) in [5, 5.41) is 0.701. The number of carbonyl (C=O) groups excluding carboxylic acids is 1. The first kappa shape index (κ1) is 15.2. The molecule has 0 N–H and O–H groups in total. The lowest BCUT2D eigenvalue weighted by atomic mass is 9.87. The fourth-order valence-electron chi connectivity index (χ4n) is 2.50. The highest BCUT2D eigenvalue weighted by atomic mass is 35.5. The number of carbonyl (C=O) groups is 1. The van der Waals surface area contributed by atoms with E-state index in [0.29, 0.717) is 5.02 Å². The van der Waals surface area contributed by atoms with Gasteiger partial charge in [-0.3, -0.25) is 4.90 Å². The fourth-order valence-corrected chi connectivity index (χ4v) is 2.70. The van der Waals surface area contributed by atoms with Crippen LogP contribution >= 0.6 is 11.6 Å². The van der Waals surface area contributed by atoms with Gasteiger partial charge in [-0.05, 0) is 71.2 Å². The van der Waals surface area contributed by atoms with Crippen LogP contribution in [0.3, 0.4) is 0 Å². The van der Waals surface area contributed by atoms with Gasteiger partial charge in [-0.2, -0.15) is 0 Å². The second-order valence-electron chi connectivity index (χ2n) is 6.90. The third kappa shape index (κ3) is 3.09. The normalized spacial score (nSPS) is 17.6. The third-order valence-electron chi connectivity index (χ3n) is 3.47. The second kappa shape index (κ2) is 4.96. The Hall–Kier alpha value is -1.22. The minimum absolute atomic E-state index is 0.261. The largest absolute Gasteiger partial charge is 0.443 e. The maximum Gasteiger partial charge on any atom is 0.415 e. The van der Waals surface area contributed by atoms with Crippen LogP contribution in [0.2, 0.25) is 5.02 Å². The monoisotopic (exact) mass is 295 g/mol. The number of halogens is 1. The van der Waals surface area contributed by atoms with Crippen LogP contribution in [0.5, 0.6) is 0 Å². The van der Waals surface area contributed by atoms with Gasteiger partial charge in [0, 0.05) is 10.6 Å². The summed E-state index contributed by atoms with van der Waals surface area (Å²) in [4.78, 5) is 14.3. The van der Waals surface area contributed by atoms with Crippen LogP contribution in [-0.4, -0.2) is 17.2 Å². The number of benzene rings is 1. The summed E-state index contributed by atoms with van der Waals surface area (Å²) in [6.07, 6.45) is 1.51. The highest BCUT2D eigenvalue weighted by Gasteiger charge is 2.39. The van der Waals surface area contributed by atoms with Gasteiger partial charge in [0.15, 0.2) is 0 Å². The van der Waals surface area contributed by atoms with Gasteiger partial charge in [0.25, 0.3) is 0 Å². The zero-order valence-electron chi connectivity index (χ0n) is 12.8. The van der Waals surface area contributed by atoms with E-state index in [1.807, 2.05) is 39.0 Å². The first-order chi connectivity index (χ1) is 9.10. The summed E-state index contributed by atoms with van der Waals surface area (Å²) in [6, 6.07) is 5.66. The van der Waals surface area contributed by atoms with Crippen molar-refractivity contribution < 1.29 is 9.53 Å². The Morgan fingerprint density at radius 3 is 2.60 bits per heavy atom. The molecule has 1 aromatic carbocycles. The van der Waals surface area contributed by atoms with Crippen molar-refractivity contribution in [2.45, 2.75) is 58.6 Å². The van der Waals surface area contributed by atoms with Crippen LogP contribution in [0, 0.1) is 0 Å². The SMILES string of the molecule is CC(C)(C)OC(=O)N1c2ccc(Cl)cc2CCC1(C)C. The molecule has 4 heteroatoms. The molecule has 1 aliphatic rings. The number of amides is 1. The first-order valence-corrected chi connectivity index (χ1v) is 7.30. The summed E-state index contributed by atoms with van der Waals surface area (Å²) in [5.74, 6) is 0. The van der Waals surface area contributed by atoms with Crippen molar-refractivity contribution >= 4 is 23.4 Å². The number of aryl methyl sites for hydroxylation is 1. The maximum atomic E-state index is 12.5. The lowest BCUT2D eigenvalue weighted by molar-refractivity contribution is 0.0538. The number of ether oxygens (including phenoxy) is 1. The predicted molar refractivity (Wildman–Crippen MR) is 82.6 cm³/mol. The molecule has 110 valence electrons. The van der Waals surface area contributed by atoms with Crippen LogP contribution < -0.4 is 4.90 Å². The third-order valence-corrected chi connectivity index (χ3v) is 3.71. The van der Waals surface area contributed by atoms with Gasteiger partial charge in [0.1, 0.15) is 5.60 Å². The predicted octanol–water partition coefficient (Wildman–Crippen LogP) is 4.81. The second-order valence-corrected chi connectivity index (χ2v) is 7.34. The topological polar surface area (TPSA) is 29.5 Å². The van der Waals surface area contributed by atoms with Crippen molar-refractivity contribution in [3.8, 4) is 0 Å². The van der Waals surface area contributed by atoms with Gasteiger partial charge < -0.3 is 4.74 Å². The van der Waals surface area contributed by atoms with Crippen LogP contribution in [0.15, 0.2) is 18.2 Å². The smallest absolute Gasteiger partial charge is 0.415 e. The Balaban J connectivity index is 2.41. The summed E-state index contributed by atoms with van der Waals surface area (Å²) < 4.78 is 5.55. The summed E-state index contributed by atoms with van der Waals surface area (Å²) in [5.41, 5.74) is 1.24. The van der Waals surface area contributed by atoms with E-state index in [0.717, 1.165) is 24.1 Å². The molecule has 20 heavy (non-hydrogen) atoms. The molecule has 0 atom stereocenters. The van der Waals surface area contributed by atoms with Crippen LogP contribution in [0.4, 0.5) is 10.5 Å². The number of nitrogens with zero attached hydrogens (tertiary/aromatic N) is 1. The Morgan fingerprint density at radius 1 is 1.35 bits per heavy atom. The van der Waals surface area contributed by atoms with Crippen molar-refractivity contribution in [3.05, 3.63) is 28.8 Å². The molecule has 1 aromatic rings. The lowest BCUT2D eigenvalue weighted by Gasteiger charge is -2.43. The molecule has 0 aromatic heterocycles. The molecule has 0 fully saturated rings. The number of hydrogen-bond acceptors (Lipinski definition) is 2. The maximum absolute atomic E-state index is 12.5. The fraction of sp³-hybridized carbons (Fsp3) is 0.562. The molecule has 0 saturated heterocycles. The Morgan fingerprint density at radius 2 is 2.00 bits per heavy atom. The molecule has 2 rings (SSSR count). The van der Waals surface area contributed by atoms with E-state index in [1.54, 1.807) is 4.90 Å². The Kier molecular flexibility index (Phi) is 3.76. The van der Waals surface area contributed by atoms with E-state index < -0.39 is 5.60 Å². The molecule has 0 unspecified atom stereocenters. The first-order valence-electron chi connectivity index (χ1n) is 6.92. The minimum Gasteiger partial charge on any atom is -0.443 e. The number of hydrogen-bond donors (Lipinski definition) is 0. The van der Waals surface area contributed by atoms with Gasteiger partial charge >= 0.3 is 6.09 Å². The van der Waals surface area contributed by atoms with Crippen molar-refractivity contribution in [1.82, 2.24) is 0 Å². The van der Waals surface area contributed by atoms with E-state index in [1.165, 1.54) is 0 Å². The molecule has 0 bridgehead atoms. The molecule has 0 spiro atoms. The molecular formula is C16H22ClNO2. The van der Waals surface area contributed by atoms with E-state index in [-0.39, 0.29) is 11.6 Å². The highest BCUT2D eigenvalue weighted by Crippen LogP contribution is 2.38. The van der Waals surface area contributed by atoms with Gasteiger partial charge in [-0.25, -0.2) is 4.79 Å². The summed E-state index contributed by atoms with van der Waals surface area (Å²) >= 11 is 6.05.